The zero-order valence-corrected chi connectivity index (χ0v) is 14.9. The molecule has 1 aromatic heterocycles. The Morgan fingerprint density at radius 2 is 2.12 bits per heavy atom. The van der Waals surface area contributed by atoms with Gasteiger partial charge in [-0.3, -0.25) is 4.79 Å². The summed E-state index contributed by atoms with van der Waals surface area (Å²) in [4.78, 5) is 12.1. The molecule has 0 unspecified atom stereocenters. The van der Waals surface area contributed by atoms with Gasteiger partial charge in [-0.15, -0.1) is 10.2 Å². The van der Waals surface area contributed by atoms with Crippen molar-refractivity contribution in [1.82, 2.24) is 20.2 Å². The molecule has 0 atom stereocenters. The summed E-state index contributed by atoms with van der Waals surface area (Å²) in [7, 11) is 0. The van der Waals surface area contributed by atoms with Gasteiger partial charge < -0.3 is 11.2 Å². The third kappa shape index (κ3) is 4.50. The van der Waals surface area contributed by atoms with Crippen LogP contribution in [0, 0.1) is 11.7 Å². The highest BCUT2D eigenvalue weighted by molar-refractivity contribution is 7.99. The highest BCUT2D eigenvalue weighted by Gasteiger charge is 2.20. The van der Waals surface area contributed by atoms with Gasteiger partial charge in [0.05, 0.1) is 5.75 Å². The number of nitrogen functional groups attached to an aromatic ring is 1. The molecule has 1 aliphatic carbocycles. The summed E-state index contributed by atoms with van der Waals surface area (Å²) in [6.07, 6.45) is 4.39. The van der Waals surface area contributed by atoms with E-state index in [1.807, 2.05) is 0 Å². The molecule has 1 aliphatic rings. The van der Waals surface area contributed by atoms with Gasteiger partial charge in [-0.25, -0.2) is 9.07 Å². The molecule has 134 valence electrons. The lowest BCUT2D eigenvalue weighted by molar-refractivity contribution is -0.119. The normalized spacial score (nSPS) is 20.4. The Morgan fingerprint density at radius 1 is 1.36 bits per heavy atom. The second-order valence-electron chi connectivity index (χ2n) is 6.50. The van der Waals surface area contributed by atoms with Crippen LogP contribution in [0.2, 0.25) is 0 Å². The fourth-order valence-corrected chi connectivity index (χ4v) is 3.67. The largest absolute Gasteiger partial charge is 0.353 e. The van der Waals surface area contributed by atoms with Crippen molar-refractivity contribution in [2.24, 2.45) is 5.92 Å². The van der Waals surface area contributed by atoms with Crippen LogP contribution in [-0.4, -0.2) is 32.6 Å². The maximum absolute atomic E-state index is 13.3. The van der Waals surface area contributed by atoms with E-state index in [0.29, 0.717) is 16.5 Å². The molecule has 1 saturated carbocycles. The summed E-state index contributed by atoms with van der Waals surface area (Å²) < 4.78 is 14.6. The second-order valence-corrected chi connectivity index (χ2v) is 7.44. The molecule has 25 heavy (non-hydrogen) atoms. The van der Waals surface area contributed by atoms with Crippen LogP contribution in [0.1, 0.15) is 32.6 Å². The summed E-state index contributed by atoms with van der Waals surface area (Å²) in [6.45, 7) is 2.25. The summed E-state index contributed by atoms with van der Waals surface area (Å²) in [5.41, 5.74) is 0.544. The molecule has 0 aliphatic heterocycles. The number of hydrogen-bond acceptors (Lipinski definition) is 5. The second kappa shape index (κ2) is 7.86. The molecule has 6 nitrogen and oxygen atoms in total. The Hall–Kier alpha value is -2.09. The zero-order chi connectivity index (χ0) is 17.8. The summed E-state index contributed by atoms with van der Waals surface area (Å²) in [5, 5.41) is 11.5. The quantitative estimate of drug-likeness (QED) is 0.630. The molecule has 0 radical (unpaired) electrons. The number of aromatic nitrogens is 3. The number of carbonyl (C=O) groups is 1. The number of rotatable bonds is 5. The van der Waals surface area contributed by atoms with Crippen LogP contribution in [0.3, 0.4) is 0 Å². The van der Waals surface area contributed by atoms with Crippen LogP contribution in [0.25, 0.3) is 11.4 Å². The number of nitrogens with zero attached hydrogens (tertiary/aromatic N) is 3. The van der Waals surface area contributed by atoms with Gasteiger partial charge in [0.25, 0.3) is 0 Å². The molecule has 2 aromatic rings. The van der Waals surface area contributed by atoms with Gasteiger partial charge in [0.2, 0.25) is 11.1 Å². The molecule has 0 spiro atoms. The minimum absolute atomic E-state index is 0.0279. The fourth-order valence-electron chi connectivity index (χ4n) is 3.00. The number of benzene rings is 1. The summed E-state index contributed by atoms with van der Waals surface area (Å²) in [6, 6.07) is 6.26. The molecule has 0 bridgehead atoms. The highest BCUT2D eigenvalue weighted by atomic mass is 32.2. The van der Waals surface area contributed by atoms with E-state index >= 15 is 0 Å². The first-order valence-electron chi connectivity index (χ1n) is 8.41. The van der Waals surface area contributed by atoms with Gasteiger partial charge in [-0.05, 0) is 43.7 Å². The number of carbonyl (C=O) groups excluding carboxylic acids is 1. The SMILES string of the molecule is CC1CCC(NC(=O)CSc2nnc(-c3cccc(F)c3)n2N)CC1. The summed E-state index contributed by atoms with van der Waals surface area (Å²) in [5.74, 6) is 6.94. The zero-order valence-electron chi connectivity index (χ0n) is 14.1. The van der Waals surface area contributed by atoms with Crippen molar-refractivity contribution in [1.29, 1.82) is 0 Å². The Bertz CT molecular complexity index is 742. The number of nitrogens with two attached hydrogens (primary N) is 1. The van der Waals surface area contributed by atoms with E-state index in [9.17, 15) is 9.18 Å². The predicted molar refractivity (Wildman–Crippen MR) is 95.9 cm³/mol. The Morgan fingerprint density at radius 3 is 2.84 bits per heavy atom. The molecule has 3 rings (SSSR count). The maximum atomic E-state index is 13.3. The monoisotopic (exact) mass is 363 g/mol. The minimum atomic E-state index is -0.365. The van der Waals surface area contributed by atoms with E-state index in [-0.39, 0.29) is 23.5 Å². The van der Waals surface area contributed by atoms with Crippen molar-refractivity contribution >= 4 is 17.7 Å². The molecule has 1 heterocycles. The van der Waals surface area contributed by atoms with Crippen molar-refractivity contribution in [2.75, 3.05) is 11.6 Å². The van der Waals surface area contributed by atoms with Crippen molar-refractivity contribution in [3.63, 3.8) is 0 Å². The van der Waals surface area contributed by atoms with Gasteiger partial charge in [-0.1, -0.05) is 30.8 Å². The van der Waals surface area contributed by atoms with Crippen LogP contribution in [-0.2, 0) is 4.79 Å². The Balaban J connectivity index is 1.56. The van der Waals surface area contributed by atoms with E-state index in [0.717, 1.165) is 31.6 Å². The average Bonchev–Trinajstić information content (AvgIpc) is 2.96. The van der Waals surface area contributed by atoms with Gasteiger partial charge >= 0.3 is 0 Å². The Labute approximate surface area is 150 Å². The molecule has 1 amide bonds. The average molecular weight is 363 g/mol. The molecular formula is C17H22FN5OS. The molecule has 0 saturated heterocycles. The molecule has 1 fully saturated rings. The maximum Gasteiger partial charge on any atom is 0.230 e. The van der Waals surface area contributed by atoms with E-state index in [1.165, 1.54) is 28.6 Å². The lowest BCUT2D eigenvalue weighted by Gasteiger charge is -2.26. The highest BCUT2D eigenvalue weighted by Crippen LogP contribution is 2.24. The van der Waals surface area contributed by atoms with Crippen molar-refractivity contribution in [3.05, 3.63) is 30.1 Å². The van der Waals surface area contributed by atoms with Gasteiger partial charge in [0.1, 0.15) is 5.82 Å². The van der Waals surface area contributed by atoms with E-state index in [4.69, 9.17) is 5.84 Å². The Kier molecular flexibility index (Phi) is 5.57. The lowest BCUT2D eigenvalue weighted by Crippen LogP contribution is -2.38. The number of nitrogens with one attached hydrogen (secondary N) is 1. The van der Waals surface area contributed by atoms with Crippen LogP contribution in [0.4, 0.5) is 4.39 Å². The standard InChI is InChI=1S/C17H22FN5OS/c1-11-5-7-14(8-6-11)20-15(24)10-25-17-22-21-16(23(17)19)12-3-2-4-13(18)9-12/h2-4,9,11,14H,5-8,10,19H2,1H3,(H,20,24). The van der Waals surface area contributed by atoms with Gasteiger partial charge in [0, 0.05) is 11.6 Å². The van der Waals surface area contributed by atoms with Gasteiger partial charge in [-0.2, -0.15) is 0 Å². The van der Waals surface area contributed by atoms with Crippen molar-refractivity contribution in [2.45, 2.75) is 43.8 Å². The number of hydrogen-bond donors (Lipinski definition) is 2. The first-order valence-corrected chi connectivity index (χ1v) is 9.40. The molecule has 8 heteroatoms. The third-order valence-electron chi connectivity index (χ3n) is 4.46. The van der Waals surface area contributed by atoms with Gasteiger partial charge in [0.15, 0.2) is 5.82 Å². The first-order chi connectivity index (χ1) is 12.0. The van der Waals surface area contributed by atoms with Crippen LogP contribution >= 0.6 is 11.8 Å². The smallest absolute Gasteiger partial charge is 0.230 e. The fraction of sp³-hybridized carbons (Fsp3) is 0.471. The first kappa shape index (κ1) is 17.7. The molecule has 3 N–H and O–H groups in total. The third-order valence-corrected chi connectivity index (χ3v) is 5.40. The molecular weight excluding hydrogens is 341 g/mol. The topological polar surface area (TPSA) is 85.8 Å². The van der Waals surface area contributed by atoms with E-state index < -0.39 is 0 Å². The number of halogens is 1. The predicted octanol–water partition coefficient (Wildman–Crippen LogP) is 2.59. The van der Waals surface area contributed by atoms with Crippen LogP contribution < -0.4 is 11.2 Å². The van der Waals surface area contributed by atoms with Crippen molar-refractivity contribution in [3.8, 4) is 11.4 Å². The van der Waals surface area contributed by atoms with E-state index in [2.05, 4.69) is 22.4 Å². The lowest BCUT2D eigenvalue weighted by atomic mass is 9.87. The van der Waals surface area contributed by atoms with Crippen LogP contribution in [0.5, 0.6) is 0 Å². The minimum Gasteiger partial charge on any atom is -0.353 e. The number of amides is 1. The van der Waals surface area contributed by atoms with Crippen LogP contribution in [0.15, 0.2) is 29.4 Å². The van der Waals surface area contributed by atoms with E-state index in [1.54, 1.807) is 12.1 Å². The molecule has 1 aromatic carbocycles. The van der Waals surface area contributed by atoms with Crippen molar-refractivity contribution < 1.29 is 9.18 Å². The number of thioether (sulfide) groups is 1. The summed E-state index contributed by atoms with van der Waals surface area (Å²) >= 11 is 1.22.